The smallest absolute Gasteiger partial charge is 0.177 e. The predicted molar refractivity (Wildman–Crippen MR) is 82.3 cm³/mol. The van der Waals surface area contributed by atoms with Crippen LogP contribution >= 0.6 is 15.9 Å². The minimum atomic E-state index is -3.38. The molecule has 0 saturated heterocycles. The Bertz CT molecular complexity index is 931. The minimum absolute atomic E-state index is 0.151. The Balaban J connectivity index is 2.27. The lowest BCUT2D eigenvalue weighted by molar-refractivity contribution is 0.602. The molecule has 1 aromatic heterocycles. The minimum Gasteiger partial charge on any atom is -0.338 e. The molecule has 4 nitrogen and oxygen atoms in total. The molecule has 0 aliphatic carbocycles. The van der Waals surface area contributed by atoms with Gasteiger partial charge >= 0.3 is 0 Å². The summed E-state index contributed by atoms with van der Waals surface area (Å²) in [6.45, 7) is 0. The predicted octanol–water partition coefficient (Wildman–Crippen LogP) is 3.54. The van der Waals surface area contributed by atoms with Gasteiger partial charge in [0.1, 0.15) is 17.2 Å². The van der Waals surface area contributed by atoms with E-state index < -0.39 is 15.7 Å². The number of nitrogens with zero attached hydrogens (tertiary/aromatic N) is 1. The lowest BCUT2D eigenvalue weighted by atomic mass is 10.2. The summed E-state index contributed by atoms with van der Waals surface area (Å²) in [5.74, 6) is 0.0180. The second kappa shape index (κ2) is 4.92. The molecule has 0 atom stereocenters. The molecule has 3 aromatic rings. The van der Waals surface area contributed by atoms with Crippen LogP contribution in [0.1, 0.15) is 0 Å². The zero-order valence-electron chi connectivity index (χ0n) is 10.9. The van der Waals surface area contributed by atoms with Crippen molar-refractivity contribution in [3.05, 3.63) is 46.7 Å². The summed E-state index contributed by atoms with van der Waals surface area (Å²) in [6, 6.07) is 9.26. The highest BCUT2D eigenvalue weighted by Gasteiger charge is 2.16. The van der Waals surface area contributed by atoms with Crippen LogP contribution in [0.4, 0.5) is 4.39 Å². The van der Waals surface area contributed by atoms with Crippen LogP contribution in [0, 0.1) is 5.82 Å². The van der Waals surface area contributed by atoms with Crippen molar-refractivity contribution in [2.24, 2.45) is 0 Å². The van der Waals surface area contributed by atoms with Gasteiger partial charge in [-0.1, -0.05) is 22.0 Å². The molecule has 2 aromatic carbocycles. The van der Waals surface area contributed by atoms with E-state index in [0.29, 0.717) is 26.9 Å². The normalized spacial score (nSPS) is 12.0. The van der Waals surface area contributed by atoms with Crippen molar-refractivity contribution < 1.29 is 12.8 Å². The van der Waals surface area contributed by atoms with Crippen molar-refractivity contribution in [2.45, 2.75) is 4.90 Å². The lowest BCUT2D eigenvalue weighted by Gasteiger charge is -1.98. The maximum atomic E-state index is 13.5. The highest BCUT2D eigenvalue weighted by atomic mass is 79.9. The number of aromatic nitrogens is 2. The van der Waals surface area contributed by atoms with Gasteiger partial charge < -0.3 is 4.98 Å². The van der Waals surface area contributed by atoms with E-state index in [9.17, 15) is 12.8 Å². The number of benzene rings is 2. The Morgan fingerprint density at radius 3 is 2.67 bits per heavy atom. The van der Waals surface area contributed by atoms with Crippen molar-refractivity contribution in [2.75, 3.05) is 6.26 Å². The molecule has 0 spiro atoms. The van der Waals surface area contributed by atoms with Gasteiger partial charge in [-0.3, -0.25) is 0 Å². The molecule has 0 fully saturated rings. The molecule has 0 aliphatic heterocycles. The summed E-state index contributed by atoms with van der Waals surface area (Å²) in [7, 11) is -3.38. The van der Waals surface area contributed by atoms with Crippen molar-refractivity contribution in [3.63, 3.8) is 0 Å². The molecule has 7 heteroatoms. The van der Waals surface area contributed by atoms with Gasteiger partial charge in [0.05, 0.1) is 10.4 Å². The first kappa shape index (κ1) is 14.2. The van der Waals surface area contributed by atoms with E-state index >= 15 is 0 Å². The number of hydrogen-bond donors (Lipinski definition) is 1. The summed E-state index contributed by atoms with van der Waals surface area (Å²) in [5.41, 5.74) is 1.49. The Labute approximate surface area is 129 Å². The van der Waals surface area contributed by atoms with Crippen LogP contribution in [0.25, 0.3) is 22.4 Å². The SMILES string of the molecule is CS(=O)(=O)c1cccc2[nH]c(-c3cc(F)cc(Br)c3)nc12. The van der Waals surface area contributed by atoms with Gasteiger partial charge in [-0.15, -0.1) is 0 Å². The maximum absolute atomic E-state index is 13.5. The Morgan fingerprint density at radius 1 is 1.24 bits per heavy atom. The molecule has 0 aliphatic rings. The number of halogens is 2. The Morgan fingerprint density at radius 2 is 2.00 bits per heavy atom. The van der Waals surface area contributed by atoms with Crippen LogP contribution < -0.4 is 0 Å². The van der Waals surface area contributed by atoms with E-state index in [2.05, 4.69) is 25.9 Å². The monoisotopic (exact) mass is 368 g/mol. The Kier molecular flexibility index (Phi) is 3.33. The van der Waals surface area contributed by atoms with Crippen LogP contribution in [-0.4, -0.2) is 24.6 Å². The van der Waals surface area contributed by atoms with E-state index in [1.807, 2.05) is 0 Å². The number of nitrogens with one attached hydrogen (secondary N) is 1. The number of fused-ring (bicyclic) bond motifs is 1. The first-order chi connectivity index (χ1) is 9.84. The third kappa shape index (κ3) is 2.71. The average Bonchev–Trinajstić information content (AvgIpc) is 2.79. The third-order valence-electron chi connectivity index (χ3n) is 3.01. The van der Waals surface area contributed by atoms with Gasteiger partial charge in [0.25, 0.3) is 0 Å². The second-order valence-corrected chi connectivity index (χ2v) is 7.57. The quantitative estimate of drug-likeness (QED) is 0.752. The van der Waals surface area contributed by atoms with Crippen LogP contribution in [0.5, 0.6) is 0 Å². The number of aromatic amines is 1. The molecule has 1 heterocycles. The molecular formula is C14H10BrFN2O2S. The summed E-state index contributed by atoms with van der Waals surface area (Å²) in [4.78, 5) is 7.48. The zero-order chi connectivity index (χ0) is 15.2. The highest BCUT2D eigenvalue weighted by Crippen LogP contribution is 2.27. The van der Waals surface area contributed by atoms with Crippen LogP contribution in [0.15, 0.2) is 45.8 Å². The molecule has 21 heavy (non-hydrogen) atoms. The summed E-state index contributed by atoms with van der Waals surface area (Å²) < 4.78 is 37.6. The third-order valence-corrected chi connectivity index (χ3v) is 4.60. The van der Waals surface area contributed by atoms with Crippen LogP contribution in [-0.2, 0) is 9.84 Å². The number of para-hydroxylation sites is 1. The van der Waals surface area contributed by atoms with Crippen molar-refractivity contribution in [3.8, 4) is 11.4 Å². The van der Waals surface area contributed by atoms with Crippen molar-refractivity contribution in [1.29, 1.82) is 0 Å². The topological polar surface area (TPSA) is 62.8 Å². The highest BCUT2D eigenvalue weighted by molar-refractivity contribution is 9.10. The number of rotatable bonds is 2. The lowest BCUT2D eigenvalue weighted by Crippen LogP contribution is -1.97. The largest absolute Gasteiger partial charge is 0.338 e. The Hall–Kier alpha value is -1.73. The first-order valence-corrected chi connectivity index (χ1v) is 8.68. The van der Waals surface area contributed by atoms with Crippen LogP contribution in [0.2, 0.25) is 0 Å². The maximum Gasteiger partial charge on any atom is 0.177 e. The van der Waals surface area contributed by atoms with E-state index in [0.717, 1.165) is 6.26 Å². The van der Waals surface area contributed by atoms with Crippen molar-refractivity contribution >= 4 is 36.8 Å². The van der Waals surface area contributed by atoms with Crippen molar-refractivity contribution in [1.82, 2.24) is 9.97 Å². The van der Waals surface area contributed by atoms with E-state index in [1.54, 1.807) is 18.2 Å². The molecule has 1 N–H and O–H groups in total. The average molecular weight is 369 g/mol. The van der Waals surface area contributed by atoms with E-state index in [1.165, 1.54) is 18.2 Å². The summed E-state index contributed by atoms with van der Waals surface area (Å²) in [5, 5.41) is 0. The first-order valence-electron chi connectivity index (χ1n) is 6.00. The number of hydrogen-bond acceptors (Lipinski definition) is 3. The molecule has 0 saturated carbocycles. The standard InChI is InChI=1S/C14H10BrFN2O2S/c1-21(19,20)12-4-2-3-11-13(12)18-14(17-11)8-5-9(15)7-10(16)6-8/h2-7H,1H3,(H,17,18). The van der Waals surface area contributed by atoms with Crippen LogP contribution in [0.3, 0.4) is 0 Å². The van der Waals surface area contributed by atoms with Gasteiger partial charge in [-0.25, -0.2) is 17.8 Å². The molecule has 3 rings (SSSR count). The number of H-pyrrole nitrogens is 1. The fourth-order valence-corrected chi connectivity index (χ4v) is 3.43. The molecule has 0 radical (unpaired) electrons. The van der Waals surface area contributed by atoms with E-state index in [-0.39, 0.29) is 4.90 Å². The van der Waals surface area contributed by atoms with Gasteiger partial charge in [0, 0.05) is 16.3 Å². The number of sulfone groups is 1. The molecule has 0 bridgehead atoms. The van der Waals surface area contributed by atoms with Gasteiger partial charge in [0.2, 0.25) is 0 Å². The summed E-state index contributed by atoms with van der Waals surface area (Å²) >= 11 is 3.22. The summed E-state index contributed by atoms with van der Waals surface area (Å²) in [6.07, 6.45) is 1.13. The molecule has 0 unspecified atom stereocenters. The number of imidazole rings is 1. The molecule has 0 amide bonds. The van der Waals surface area contributed by atoms with Gasteiger partial charge in [-0.2, -0.15) is 0 Å². The fourth-order valence-electron chi connectivity index (χ4n) is 2.13. The molecule has 108 valence electrons. The van der Waals surface area contributed by atoms with Gasteiger partial charge in [0.15, 0.2) is 9.84 Å². The fraction of sp³-hybridized carbons (Fsp3) is 0.0714. The van der Waals surface area contributed by atoms with E-state index in [4.69, 9.17) is 0 Å². The zero-order valence-corrected chi connectivity index (χ0v) is 13.3. The molecular weight excluding hydrogens is 359 g/mol. The second-order valence-electron chi connectivity index (χ2n) is 4.67. The van der Waals surface area contributed by atoms with Gasteiger partial charge in [-0.05, 0) is 30.3 Å².